The third kappa shape index (κ3) is 4.95. The summed E-state index contributed by atoms with van der Waals surface area (Å²) in [6, 6.07) is 9.42. The molecule has 0 aliphatic carbocycles. The van der Waals surface area contributed by atoms with E-state index >= 15 is 0 Å². The summed E-state index contributed by atoms with van der Waals surface area (Å²) in [6.45, 7) is 1.60. The van der Waals surface area contributed by atoms with Crippen molar-refractivity contribution in [2.24, 2.45) is 5.92 Å². The van der Waals surface area contributed by atoms with Crippen LogP contribution in [0.5, 0.6) is 0 Å². The molecule has 1 saturated heterocycles. The van der Waals surface area contributed by atoms with Crippen LogP contribution in [0.3, 0.4) is 0 Å². The Morgan fingerprint density at radius 3 is 2.54 bits per heavy atom. The molecule has 1 aliphatic heterocycles. The summed E-state index contributed by atoms with van der Waals surface area (Å²) in [7, 11) is -3.60. The van der Waals surface area contributed by atoms with Crippen molar-refractivity contribution < 1.29 is 18.3 Å². The zero-order valence-electron chi connectivity index (χ0n) is 13.7. The van der Waals surface area contributed by atoms with Crippen LogP contribution in [0.4, 0.5) is 5.69 Å². The van der Waals surface area contributed by atoms with Gasteiger partial charge in [-0.1, -0.05) is 6.07 Å². The molecule has 26 heavy (non-hydrogen) atoms. The second-order valence-electron chi connectivity index (χ2n) is 5.81. The highest BCUT2D eigenvalue weighted by Gasteiger charge is 2.25. The first kappa shape index (κ1) is 20.7. The predicted octanol–water partition coefficient (Wildman–Crippen LogP) is 1.28. The molecule has 0 bridgehead atoms. The maximum Gasteiger partial charge on any atom is 0.271 e. The van der Waals surface area contributed by atoms with Crippen LogP contribution in [-0.4, -0.2) is 45.2 Å². The molecule has 3 rings (SSSR count). The number of anilines is 1. The largest absolute Gasteiger partial charge is 0.391 e. The molecular formula is C16H20ClN3O4S2. The lowest BCUT2D eigenvalue weighted by atomic mass is 10.1. The van der Waals surface area contributed by atoms with Crippen LogP contribution in [0.2, 0.25) is 0 Å². The fraction of sp³-hybridized carbons (Fsp3) is 0.312. The molecule has 1 aromatic carbocycles. The average molecular weight is 418 g/mol. The van der Waals surface area contributed by atoms with E-state index in [1.807, 2.05) is 0 Å². The first-order valence-electron chi connectivity index (χ1n) is 7.79. The van der Waals surface area contributed by atoms with Gasteiger partial charge in [-0.3, -0.25) is 9.52 Å². The first-order valence-corrected chi connectivity index (χ1v) is 10.2. The molecule has 1 amide bonds. The number of nitrogens with one attached hydrogen (secondary N) is 3. The molecule has 1 aromatic heterocycles. The fourth-order valence-corrected chi connectivity index (χ4v) is 4.62. The number of hydrogen-bond donors (Lipinski definition) is 4. The molecule has 2 unspecified atom stereocenters. The molecular weight excluding hydrogens is 398 g/mol. The van der Waals surface area contributed by atoms with Gasteiger partial charge < -0.3 is 15.7 Å². The minimum Gasteiger partial charge on any atom is -0.391 e. The van der Waals surface area contributed by atoms with Crippen molar-refractivity contribution in [3.8, 4) is 0 Å². The van der Waals surface area contributed by atoms with Crippen molar-refractivity contribution >= 4 is 45.4 Å². The monoisotopic (exact) mass is 417 g/mol. The van der Waals surface area contributed by atoms with E-state index in [-0.39, 0.29) is 28.4 Å². The van der Waals surface area contributed by atoms with Crippen molar-refractivity contribution in [1.29, 1.82) is 0 Å². The lowest BCUT2D eigenvalue weighted by Gasteiger charge is -2.14. The van der Waals surface area contributed by atoms with Gasteiger partial charge in [-0.05, 0) is 35.7 Å². The Balaban J connectivity index is 0.00000243. The SMILES string of the molecule is Cl.O=C(NCC1CNCC1O)c1ccc(NS(=O)(=O)c2cccs2)cc1. The smallest absolute Gasteiger partial charge is 0.271 e. The van der Waals surface area contributed by atoms with E-state index in [4.69, 9.17) is 0 Å². The van der Waals surface area contributed by atoms with Gasteiger partial charge in [0.25, 0.3) is 15.9 Å². The maximum atomic E-state index is 12.2. The van der Waals surface area contributed by atoms with Crippen molar-refractivity contribution in [3.63, 3.8) is 0 Å². The number of thiophene rings is 1. The highest BCUT2D eigenvalue weighted by atomic mass is 35.5. The molecule has 1 aliphatic rings. The number of aliphatic hydroxyl groups excluding tert-OH is 1. The van der Waals surface area contributed by atoms with E-state index in [2.05, 4.69) is 15.4 Å². The molecule has 0 radical (unpaired) electrons. The molecule has 0 saturated carbocycles. The number of rotatable bonds is 6. The normalized spacial score (nSPS) is 19.6. The van der Waals surface area contributed by atoms with Gasteiger partial charge in [-0.2, -0.15) is 0 Å². The van der Waals surface area contributed by atoms with Gasteiger partial charge in [-0.25, -0.2) is 8.42 Å². The van der Waals surface area contributed by atoms with Gasteiger partial charge in [0.1, 0.15) is 4.21 Å². The number of aliphatic hydroxyl groups is 1. The molecule has 10 heteroatoms. The third-order valence-electron chi connectivity index (χ3n) is 3.99. The van der Waals surface area contributed by atoms with Crippen molar-refractivity contribution in [2.45, 2.75) is 10.3 Å². The summed E-state index contributed by atoms with van der Waals surface area (Å²) < 4.78 is 27.0. The Morgan fingerprint density at radius 2 is 1.96 bits per heavy atom. The van der Waals surface area contributed by atoms with E-state index < -0.39 is 16.1 Å². The molecule has 7 nitrogen and oxygen atoms in total. The molecule has 1 fully saturated rings. The molecule has 142 valence electrons. The summed E-state index contributed by atoms with van der Waals surface area (Å²) in [6.07, 6.45) is -0.450. The maximum absolute atomic E-state index is 12.2. The Bertz CT molecular complexity index is 826. The highest BCUT2D eigenvalue weighted by molar-refractivity contribution is 7.94. The van der Waals surface area contributed by atoms with E-state index in [0.717, 1.165) is 11.3 Å². The predicted molar refractivity (Wildman–Crippen MR) is 104 cm³/mol. The van der Waals surface area contributed by atoms with Crippen LogP contribution in [0, 0.1) is 5.92 Å². The first-order chi connectivity index (χ1) is 12.0. The Labute approximate surface area is 162 Å². The number of benzene rings is 1. The summed E-state index contributed by atoms with van der Waals surface area (Å²) in [4.78, 5) is 12.1. The lowest BCUT2D eigenvalue weighted by Crippen LogP contribution is -2.34. The summed E-state index contributed by atoms with van der Waals surface area (Å²) >= 11 is 1.14. The van der Waals surface area contributed by atoms with Gasteiger partial charge in [0.2, 0.25) is 0 Å². The lowest BCUT2D eigenvalue weighted by molar-refractivity contribution is 0.0927. The van der Waals surface area contributed by atoms with Crippen LogP contribution >= 0.6 is 23.7 Å². The van der Waals surface area contributed by atoms with Crippen LogP contribution < -0.4 is 15.4 Å². The second kappa shape index (κ2) is 8.83. The van der Waals surface area contributed by atoms with Crippen LogP contribution in [0.15, 0.2) is 46.0 Å². The van der Waals surface area contributed by atoms with Gasteiger partial charge in [0.05, 0.1) is 6.10 Å². The standard InChI is InChI=1S/C16H19N3O4S2.ClH/c20-14-10-17-8-12(14)9-18-16(21)11-3-5-13(6-4-11)19-25(22,23)15-2-1-7-24-15;/h1-7,12,14,17,19-20H,8-10H2,(H,18,21);1H. The minimum atomic E-state index is -3.60. The van der Waals surface area contributed by atoms with Crippen molar-refractivity contribution in [2.75, 3.05) is 24.4 Å². The number of sulfonamides is 1. The number of carbonyl (C=O) groups is 1. The Hall–Kier alpha value is -1.65. The second-order valence-corrected chi connectivity index (χ2v) is 8.67. The van der Waals surface area contributed by atoms with E-state index in [0.29, 0.717) is 30.9 Å². The number of halogens is 1. The summed E-state index contributed by atoms with van der Waals surface area (Å²) in [5, 5.41) is 17.3. The van der Waals surface area contributed by atoms with E-state index in [9.17, 15) is 18.3 Å². The molecule has 2 heterocycles. The van der Waals surface area contributed by atoms with Crippen LogP contribution in [-0.2, 0) is 10.0 Å². The third-order valence-corrected chi connectivity index (χ3v) is 6.77. The van der Waals surface area contributed by atoms with E-state index in [1.54, 1.807) is 35.7 Å². The molecule has 4 N–H and O–H groups in total. The summed E-state index contributed by atoms with van der Waals surface area (Å²) in [5.74, 6) is -0.257. The Morgan fingerprint density at radius 1 is 1.23 bits per heavy atom. The highest BCUT2D eigenvalue weighted by Crippen LogP contribution is 2.20. The number of carbonyl (C=O) groups excluding carboxylic acids is 1. The number of amides is 1. The molecule has 0 spiro atoms. The van der Waals surface area contributed by atoms with Crippen LogP contribution in [0.1, 0.15) is 10.4 Å². The zero-order valence-corrected chi connectivity index (χ0v) is 16.2. The van der Waals surface area contributed by atoms with Gasteiger partial charge in [0, 0.05) is 36.8 Å². The number of β-amino-alcohol motifs (C(OH)–C–C–N with tert-alkyl or cyclic N) is 1. The number of hydrogen-bond acceptors (Lipinski definition) is 6. The Kier molecular flexibility index (Phi) is 7.01. The minimum absolute atomic E-state index is 0. The van der Waals surface area contributed by atoms with Gasteiger partial charge in [-0.15, -0.1) is 23.7 Å². The molecule has 2 atom stereocenters. The summed E-state index contributed by atoms with van der Waals surface area (Å²) in [5.41, 5.74) is 0.819. The van der Waals surface area contributed by atoms with Crippen molar-refractivity contribution in [3.05, 3.63) is 47.3 Å². The topological polar surface area (TPSA) is 108 Å². The van der Waals surface area contributed by atoms with E-state index in [1.165, 1.54) is 6.07 Å². The fourth-order valence-electron chi connectivity index (χ4n) is 2.56. The van der Waals surface area contributed by atoms with Gasteiger partial charge >= 0.3 is 0 Å². The van der Waals surface area contributed by atoms with Gasteiger partial charge in [0.15, 0.2) is 0 Å². The molecule has 2 aromatic rings. The van der Waals surface area contributed by atoms with Crippen molar-refractivity contribution in [1.82, 2.24) is 10.6 Å². The quantitative estimate of drug-likeness (QED) is 0.566. The average Bonchev–Trinajstić information content (AvgIpc) is 3.25. The van der Waals surface area contributed by atoms with Crippen LogP contribution in [0.25, 0.3) is 0 Å². The zero-order chi connectivity index (χ0) is 17.9.